The summed E-state index contributed by atoms with van der Waals surface area (Å²) in [6.07, 6.45) is 5.95. The number of hydrogen-bond acceptors (Lipinski definition) is 8. The summed E-state index contributed by atoms with van der Waals surface area (Å²) in [4.78, 5) is 24.2. The van der Waals surface area contributed by atoms with Crippen LogP contribution in [0.25, 0.3) is 0 Å². The molecule has 6 atom stereocenters. The smallest absolute Gasteiger partial charge is 0.407 e. The summed E-state index contributed by atoms with van der Waals surface area (Å²) in [5, 5.41) is 12.8. The quantitative estimate of drug-likeness (QED) is 0.170. The third-order valence-corrected chi connectivity index (χ3v) is 12.3. The van der Waals surface area contributed by atoms with E-state index in [1.807, 2.05) is 26.0 Å². The van der Waals surface area contributed by atoms with Crippen LogP contribution in [0.3, 0.4) is 0 Å². The van der Waals surface area contributed by atoms with Crippen LogP contribution in [0.5, 0.6) is 5.75 Å². The molecule has 36 heavy (non-hydrogen) atoms. The molecule has 1 aromatic carbocycles. The minimum Gasteiger partial charge on any atom is -0.508 e. The molecule has 1 aromatic rings. The number of rotatable bonds is 9. The van der Waals surface area contributed by atoms with Crippen molar-refractivity contribution in [3.8, 4) is 5.75 Å². The van der Waals surface area contributed by atoms with E-state index >= 15 is 0 Å². The van der Waals surface area contributed by atoms with Gasteiger partial charge < -0.3 is 20.9 Å². The van der Waals surface area contributed by atoms with E-state index in [4.69, 9.17) is 10.5 Å². The molecule has 200 valence electrons. The molecular weight excluding hydrogens is 515 g/mol. The lowest BCUT2D eigenvalue weighted by Crippen LogP contribution is -2.49. The van der Waals surface area contributed by atoms with E-state index in [9.17, 15) is 14.7 Å². The van der Waals surface area contributed by atoms with E-state index in [-0.39, 0.29) is 17.6 Å². The van der Waals surface area contributed by atoms with Crippen LogP contribution in [0.1, 0.15) is 69.9 Å². The molecule has 2 fully saturated rings. The Labute approximate surface area is 227 Å². The zero-order valence-corrected chi connectivity index (χ0v) is 23.8. The fourth-order valence-corrected chi connectivity index (χ4v) is 9.96. The van der Waals surface area contributed by atoms with E-state index in [2.05, 4.69) is 35.8 Å². The molecule has 0 aliphatic heterocycles. The number of fused-ring (bicyclic) bond motifs is 5. The predicted octanol–water partition coefficient (Wildman–Crippen LogP) is 4.79. The summed E-state index contributed by atoms with van der Waals surface area (Å²) < 4.78 is 8.24. The van der Waals surface area contributed by atoms with Gasteiger partial charge in [0.05, 0.1) is 0 Å². The highest BCUT2D eigenvalue weighted by molar-refractivity contribution is 8.77. The Morgan fingerprint density at radius 1 is 1.31 bits per heavy atom. The number of benzene rings is 1. The monoisotopic (exact) mass is 553 g/mol. The van der Waals surface area contributed by atoms with Gasteiger partial charge in [-0.3, -0.25) is 9.52 Å². The van der Waals surface area contributed by atoms with Crippen molar-refractivity contribution >= 4 is 46.4 Å². The first-order valence-electron chi connectivity index (χ1n) is 12.8. The molecule has 4 rings (SSSR count). The van der Waals surface area contributed by atoms with Crippen molar-refractivity contribution in [1.82, 2.24) is 10.0 Å². The zero-order valence-electron chi connectivity index (χ0n) is 21.3. The average molecular weight is 554 g/mol. The van der Waals surface area contributed by atoms with Gasteiger partial charge in [0.1, 0.15) is 17.9 Å². The molecule has 0 aromatic heterocycles. The number of hydrogen-bond donors (Lipinski definition) is 5. The van der Waals surface area contributed by atoms with Crippen molar-refractivity contribution in [3.63, 3.8) is 0 Å². The molecule has 0 bridgehead atoms. The number of nitrogens with two attached hydrogens (primary N) is 1. The summed E-state index contributed by atoms with van der Waals surface area (Å²) in [5.74, 6) is 2.32. The number of carbonyl (C=O) groups excluding carboxylic acids is 2. The van der Waals surface area contributed by atoms with Crippen LogP contribution >= 0.6 is 34.4 Å². The van der Waals surface area contributed by atoms with Crippen molar-refractivity contribution in [2.45, 2.75) is 82.1 Å². The molecule has 0 spiro atoms. The van der Waals surface area contributed by atoms with Gasteiger partial charge in [0.25, 0.3) is 0 Å². The number of primary amides is 1. The van der Waals surface area contributed by atoms with Crippen LogP contribution in [0, 0.1) is 17.3 Å². The third kappa shape index (κ3) is 5.61. The molecule has 0 heterocycles. The van der Waals surface area contributed by atoms with Gasteiger partial charge in [-0.2, -0.15) is 0 Å². The van der Waals surface area contributed by atoms with Gasteiger partial charge in [-0.15, -0.1) is 0 Å². The highest BCUT2D eigenvalue weighted by Crippen LogP contribution is 2.61. The van der Waals surface area contributed by atoms with Crippen LogP contribution in [0.15, 0.2) is 18.2 Å². The number of amides is 2. The molecule has 0 radical (unpaired) electrons. The third-order valence-electron chi connectivity index (χ3n) is 8.71. The summed E-state index contributed by atoms with van der Waals surface area (Å²) in [5.41, 5.74) is 8.18. The molecule has 5 N–H and O–H groups in total. The van der Waals surface area contributed by atoms with Gasteiger partial charge >= 0.3 is 6.09 Å². The Hall–Kier alpha value is -1.23. The normalized spacial score (nSPS) is 30.0. The lowest BCUT2D eigenvalue weighted by atomic mass is 9.55. The maximum atomic E-state index is 12.6. The Balaban J connectivity index is 1.26. The summed E-state index contributed by atoms with van der Waals surface area (Å²) in [6, 6.07) is 5.33. The Morgan fingerprint density at radius 3 is 2.81 bits per heavy atom. The van der Waals surface area contributed by atoms with E-state index in [1.165, 1.54) is 11.1 Å². The first-order chi connectivity index (χ1) is 17.1. The van der Waals surface area contributed by atoms with Crippen molar-refractivity contribution < 1.29 is 19.4 Å². The van der Waals surface area contributed by atoms with Crippen molar-refractivity contribution in [2.75, 3.05) is 12.3 Å². The number of nitrogens with one attached hydrogen (secondary N) is 2. The minimum absolute atomic E-state index is 0.0190. The topological polar surface area (TPSA) is 114 Å². The average Bonchev–Trinajstić information content (AvgIpc) is 3.14. The highest BCUT2D eigenvalue weighted by Gasteiger charge is 2.56. The van der Waals surface area contributed by atoms with E-state index in [1.54, 1.807) is 21.6 Å². The van der Waals surface area contributed by atoms with Gasteiger partial charge in [0, 0.05) is 22.5 Å². The number of alkyl carbamates (subject to hydrolysis) is 1. The molecule has 2 saturated carbocycles. The number of phenolic OH excluding ortho intramolecular Hbond substituents is 1. The van der Waals surface area contributed by atoms with E-state index in [0.29, 0.717) is 35.8 Å². The predicted molar refractivity (Wildman–Crippen MR) is 150 cm³/mol. The van der Waals surface area contributed by atoms with Gasteiger partial charge in [-0.1, -0.05) is 47.4 Å². The van der Waals surface area contributed by atoms with Gasteiger partial charge in [-0.05, 0) is 93.4 Å². The van der Waals surface area contributed by atoms with Crippen molar-refractivity contribution in [2.24, 2.45) is 23.0 Å². The molecule has 3 aliphatic carbocycles. The Kier molecular flexibility index (Phi) is 8.69. The number of aromatic hydroxyl groups is 1. The second-order valence-corrected chi connectivity index (χ2v) is 14.5. The van der Waals surface area contributed by atoms with Crippen molar-refractivity contribution in [3.05, 3.63) is 29.3 Å². The van der Waals surface area contributed by atoms with Gasteiger partial charge in [-0.25, -0.2) is 4.79 Å². The Morgan fingerprint density at radius 2 is 2.08 bits per heavy atom. The first-order valence-corrected chi connectivity index (χ1v) is 15.6. The summed E-state index contributed by atoms with van der Waals surface area (Å²) in [6.45, 7) is 6.69. The molecular formula is C26H39N3O4S3. The fourth-order valence-electron chi connectivity index (χ4n) is 6.88. The van der Waals surface area contributed by atoms with Crippen LogP contribution in [-0.4, -0.2) is 46.3 Å². The highest BCUT2D eigenvalue weighted by atomic mass is 33.1. The number of phenols is 1. The molecule has 10 heteroatoms. The largest absolute Gasteiger partial charge is 0.508 e. The lowest BCUT2D eigenvalue weighted by molar-refractivity contribution is -0.120. The van der Waals surface area contributed by atoms with Gasteiger partial charge in [0.2, 0.25) is 5.91 Å². The van der Waals surface area contributed by atoms with Crippen molar-refractivity contribution in [1.29, 1.82) is 0 Å². The zero-order chi connectivity index (χ0) is 26.1. The molecule has 7 nitrogen and oxygen atoms in total. The van der Waals surface area contributed by atoms with Crippen LogP contribution in [0.4, 0.5) is 4.79 Å². The summed E-state index contributed by atoms with van der Waals surface area (Å²) in [7, 11) is 3.12. The molecule has 0 saturated heterocycles. The van der Waals surface area contributed by atoms with Crippen LogP contribution < -0.4 is 15.8 Å². The minimum atomic E-state index is -0.563. The van der Waals surface area contributed by atoms with E-state index < -0.39 is 16.7 Å². The van der Waals surface area contributed by atoms with Crippen LogP contribution in [-0.2, 0) is 16.0 Å². The molecule has 2 amide bonds. The number of thiol groups is 1. The number of aryl methyl sites for hydroxylation is 1. The second kappa shape index (κ2) is 11.3. The SMILES string of the molecule is CC(C)(SSCCNC(=O)O[C@@H]1CCC2C3CCc4cc(O)ccc4C3CCC21C)[C@H](NS)C(N)=O. The molecule has 4 unspecified atom stereocenters. The maximum Gasteiger partial charge on any atom is 0.407 e. The standard InChI is InChI=1S/C26H39N3O4S3/c1-25(2,22(29-34)23(27)31)36-35-13-12-28-24(32)33-21-9-8-20-19-6-4-15-14-16(30)5-7-17(15)18(19)10-11-26(20,21)3/h5,7,14,18-22,29-30,34H,4,6,8-13H2,1-3H3,(H2,27,31)(H,28,32)/t18?,19?,20?,21-,22-,26?/m1/s1. The van der Waals surface area contributed by atoms with Gasteiger partial charge in [0.15, 0.2) is 0 Å². The lowest BCUT2D eigenvalue weighted by Gasteiger charge is -2.50. The first kappa shape index (κ1) is 27.8. The Bertz CT molecular complexity index is 978. The second-order valence-electron chi connectivity index (χ2n) is 11.2. The van der Waals surface area contributed by atoms with E-state index in [0.717, 1.165) is 38.5 Å². The molecule has 3 aliphatic rings. The van der Waals surface area contributed by atoms with Crippen LogP contribution in [0.2, 0.25) is 0 Å². The number of ether oxygens (including phenoxy) is 1. The number of carbonyl (C=O) groups is 2. The fraction of sp³-hybridized carbons (Fsp3) is 0.692. The maximum absolute atomic E-state index is 12.6. The summed E-state index contributed by atoms with van der Waals surface area (Å²) >= 11 is 4.02.